The van der Waals surface area contributed by atoms with E-state index in [0.717, 1.165) is 16.9 Å². The molecule has 3 rings (SSSR count). The summed E-state index contributed by atoms with van der Waals surface area (Å²) < 4.78 is 12.0. The van der Waals surface area contributed by atoms with Crippen molar-refractivity contribution < 1.29 is 19.4 Å². The molecule has 0 spiro atoms. The molecule has 1 N–H and O–H groups in total. The molecule has 0 amide bonds. The highest BCUT2D eigenvalue weighted by Gasteiger charge is 2.22. The minimum Gasteiger partial charge on any atom is -0.462 e. The number of aliphatic hydroxyl groups excluding tert-OH is 1. The topological polar surface area (TPSA) is 90.7 Å². The van der Waals surface area contributed by atoms with E-state index in [4.69, 9.17) is 21.1 Å². The van der Waals surface area contributed by atoms with Crippen molar-refractivity contribution in [3.63, 3.8) is 0 Å². The number of rotatable bonds is 8. The molecule has 3 aromatic rings. The Morgan fingerprint density at radius 1 is 1.30 bits per heavy atom. The molecule has 2 aromatic heterocycles. The highest BCUT2D eigenvalue weighted by molar-refractivity contribution is 7.20. The largest absolute Gasteiger partial charge is 0.462 e. The number of esters is 1. The smallest absolute Gasteiger partial charge is 0.348 e. The lowest BCUT2D eigenvalue weighted by Crippen LogP contribution is -2.31. The summed E-state index contributed by atoms with van der Waals surface area (Å²) in [5.41, 5.74) is 1.19. The third kappa shape index (κ3) is 4.89. The first-order chi connectivity index (χ1) is 14.3. The zero-order chi connectivity index (χ0) is 21.8. The molecule has 0 aliphatic carbocycles. The van der Waals surface area contributed by atoms with Gasteiger partial charge in [-0.1, -0.05) is 23.7 Å². The fraction of sp³-hybridized carbons (Fsp3) is 0.381. The molecule has 30 heavy (non-hydrogen) atoms. The number of benzene rings is 1. The van der Waals surface area contributed by atoms with Crippen LogP contribution in [0.25, 0.3) is 10.2 Å². The predicted octanol–water partition coefficient (Wildman–Crippen LogP) is 3.48. The maximum Gasteiger partial charge on any atom is 0.348 e. The summed E-state index contributed by atoms with van der Waals surface area (Å²) in [6.45, 7) is 5.81. The van der Waals surface area contributed by atoms with Crippen LogP contribution in [0, 0.1) is 13.8 Å². The summed E-state index contributed by atoms with van der Waals surface area (Å²) in [5.74, 6) is -0.00172. The van der Waals surface area contributed by atoms with Gasteiger partial charge in [0.25, 0.3) is 5.56 Å². The zero-order valence-corrected chi connectivity index (χ0v) is 18.5. The molecule has 160 valence electrons. The Kier molecular flexibility index (Phi) is 7.25. The van der Waals surface area contributed by atoms with Gasteiger partial charge in [0, 0.05) is 5.02 Å². The number of thiophene rings is 1. The van der Waals surface area contributed by atoms with Gasteiger partial charge in [0.1, 0.15) is 15.5 Å². The SMILES string of the molecule is CCOC(=O)c1sc2nc(C)n(CC(O)COCc3ccc(Cl)cc3)c(=O)c2c1C. The van der Waals surface area contributed by atoms with Crippen molar-refractivity contribution in [3.8, 4) is 0 Å². The van der Waals surface area contributed by atoms with Gasteiger partial charge in [0.05, 0.1) is 37.9 Å². The highest BCUT2D eigenvalue weighted by atomic mass is 35.5. The second-order valence-corrected chi connectivity index (χ2v) is 8.26. The first-order valence-electron chi connectivity index (χ1n) is 9.49. The normalized spacial score (nSPS) is 12.3. The number of halogens is 1. The van der Waals surface area contributed by atoms with Gasteiger partial charge in [0.15, 0.2) is 0 Å². The van der Waals surface area contributed by atoms with Crippen molar-refractivity contribution in [2.24, 2.45) is 0 Å². The lowest BCUT2D eigenvalue weighted by molar-refractivity contribution is 0.0195. The summed E-state index contributed by atoms with van der Waals surface area (Å²) >= 11 is 7.00. The van der Waals surface area contributed by atoms with Gasteiger partial charge in [-0.25, -0.2) is 9.78 Å². The van der Waals surface area contributed by atoms with Crippen LogP contribution in [-0.2, 0) is 22.6 Å². The number of aromatic nitrogens is 2. The van der Waals surface area contributed by atoms with Crippen LogP contribution < -0.4 is 5.56 Å². The van der Waals surface area contributed by atoms with Crippen LogP contribution in [0.5, 0.6) is 0 Å². The van der Waals surface area contributed by atoms with Crippen LogP contribution in [0.2, 0.25) is 5.02 Å². The van der Waals surface area contributed by atoms with E-state index < -0.39 is 12.1 Å². The van der Waals surface area contributed by atoms with Crippen LogP contribution >= 0.6 is 22.9 Å². The average Bonchev–Trinajstić information content (AvgIpc) is 3.03. The number of hydrogen-bond acceptors (Lipinski definition) is 7. The lowest BCUT2D eigenvalue weighted by atomic mass is 10.2. The number of hydrogen-bond donors (Lipinski definition) is 1. The van der Waals surface area contributed by atoms with Gasteiger partial charge in [-0.2, -0.15) is 0 Å². The number of ether oxygens (including phenoxy) is 2. The summed E-state index contributed by atoms with van der Waals surface area (Å²) in [7, 11) is 0. The zero-order valence-electron chi connectivity index (χ0n) is 17.0. The minimum atomic E-state index is -0.892. The molecule has 7 nitrogen and oxygen atoms in total. The third-order valence-corrected chi connectivity index (χ3v) is 6.01. The Bertz CT molecular complexity index is 1110. The Labute approximate surface area is 182 Å². The van der Waals surface area contributed by atoms with Crippen LogP contribution in [-0.4, -0.2) is 39.9 Å². The number of aliphatic hydroxyl groups is 1. The van der Waals surface area contributed by atoms with Crippen LogP contribution in [0.15, 0.2) is 29.1 Å². The molecule has 0 radical (unpaired) electrons. The van der Waals surface area contributed by atoms with Crippen LogP contribution in [0.4, 0.5) is 0 Å². The molecule has 9 heteroatoms. The van der Waals surface area contributed by atoms with Gasteiger partial charge < -0.3 is 14.6 Å². The predicted molar refractivity (Wildman–Crippen MR) is 116 cm³/mol. The molecule has 2 heterocycles. The van der Waals surface area contributed by atoms with Gasteiger partial charge in [-0.15, -0.1) is 11.3 Å². The molecular formula is C21H23ClN2O5S. The van der Waals surface area contributed by atoms with Crippen molar-refractivity contribution >= 4 is 39.1 Å². The van der Waals surface area contributed by atoms with Crippen LogP contribution in [0.3, 0.4) is 0 Å². The Balaban J connectivity index is 1.75. The second-order valence-electron chi connectivity index (χ2n) is 6.83. The summed E-state index contributed by atoms with van der Waals surface area (Å²) in [6, 6.07) is 7.24. The summed E-state index contributed by atoms with van der Waals surface area (Å²) in [5, 5.41) is 11.4. The molecule has 0 fully saturated rings. The van der Waals surface area contributed by atoms with E-state index in [-0.39, 0.29) is 25.3 Å². The highest BCUT2D eigenvalue weighted by Crippen LogP contribution is 2.28. The van der Waals surface area contributed by atoms with E-state index in [1.807, 2.05) is 12.1 Å². The maximum atomic E-state index is 13.0. The van der Waals surface area contributed by atoms with E-state index in [2.05, 4.69) is 4.98 Å². The van der Waals surface area contributed by atoms with Crippen molar-refractivity contribution in [1.82, 2.24) is 9.55 Å². The standard InChI is InChI=1S/C21H23ClN2O5S/c1-4-29-21(27)18-12(2)17-19(30-18)23-13(3)24(20(17)26)9-16(25)11-28-10-14-5-7-15(22)8-6-14/h5-8,16,25H,4,9-11H2,1-3H3. The van der Waals surface area contributed by atoms with Crippen molar-refractivity contribution in [3.05, 3.63) is 61.5 Å². The van der Waals surface area contributed by atoms with Crippen molar-refractivity contribution in [1.29, 1.82) is 0 Å². The first-order valence-corrected chi connectivity index (χ1v) is 10.7. The molecule has 0 aliphatic rings. The van der Waals surface area contributed by atoms with Gasteiger partial charge in [0.2, 0.25) is 0 Å². The van der Waals surface area contributed by atoms with Gasteiger partial charge in [-0.3, -0.25) is 9.36 Å². The number of carbonyl (C=O) groups excluding carboxylic acids is 1. The molecule has 0 aliphatic heterocycles. The Morgan fingerprint density at radius 2 is 2.00 bits per heavy atom. The summed E-state index contributed by atoms with van der Waals surface area (Å²) in [6.07, 6.45) is -0.892. The number of carbonyl (C=O) groups is 1. The number of aryl methyl sites for hydroxylation is 2. The van der Waals surface area contributed by atoms with E-state index in [1.165, 1.54) is 4.57 Å². The van der Waals surface area contributed by atoms with E-state index >= 15 is 0 Å². The number of nitrogens with zero attached hydrogens (tertiary/aromatic N) is 2. The third-order valence-electron chi connectivity index (χ3n) is 4.59. The maximum absolute atomic E-state index is 13.0. The average molecular weight is 451 g/mol. The monoisotopic (exact) mass is 450 g/mol. The van der Waals surface area contributed by atoms with Gasteiger partial charge >= 0.3 is 5.97 Å². The van der Waals surface area contributed by atoms with Crippen molar-refractivity contribution in [2.75, 3.05) is 13.2 Å². The first kappa shape index (κ1) is 22.4. The van der Waals surface area contributed by atoms with Crippen molar-refractivity contribution in [2.45, 2.75) is 40.0 Å². The fourth-order valence-corrected chi connectivity index (χ4v) is 4.32. The minimum absolute atomic E-state index is 0.0399. The van der Waals surface area contributed by atoms with E-state index in [1.54, 1.807) is 32.9 Å². The molecule has 1 atom stereocenters. The Hall–Kier alpha value is -2.26. The van der Waals surface area contributed by atoms with Crippen LogP contribution in [0.1, 0.15) is 33.5 Å². The quantitative estimate of drug-likeness (QED) is 0.528. The molecule has 0 bridgehead atoms. The van der Waals surface area contributed by atoms with E-state index in [9.17, 15) is 14.7 Å². The van der Waals surface area contributed by atoms with E-state index in [0.29, 0.717) is 38.1 Å². The lowest BCUT2D eigenvalue weighted by Gasteiger charge is -2.15. The molecule has 0 saturated carbocycles. The molecular weight excluding hydrogens is 428 g/mol. The number of fused-ring (bicyclic) bond motifs is 1. The Morgan fingerprint density at radius 3 is 2.67 bits per heavy atom. The molecule has 1 unspecified atom stereocenters. The molecule has 1 aromatic carbocycles. The fourth-order valence-electron chi connectivity index (χ4n) is 3.08. The summed E-state index contributed by atoms with van der Waals surface area (Å²) in [4.78, 5) is 30.5. The molecule has 0 saturated heterocycles. The second kappa shape index (κ2) is 9.70. The van der Waals surface area contributed by atoms with Gasteiger partial charge in [-0.05, 0) is 44.0 Å².